The molecule has 1 amide bonds. The third-order valence-electron chi connectivity index (χ3n) is 5.02. The third-order valence-corrected chi connectivity index (χ3v) is 5.91. The summed E-state index contributed by atoms with van der Waals surface area (Å²) in [4.78, 5) is 23.6. The Labute approximate surface area is 169 Å². The zero-order chi connectivity index (χ0) is 19.5. The Morgan fingerprint density at radius 3 is 2.79 bits per heavy atom. The van der Waals surface area contributed by atoms with Crippen molar-refractivity contribution in [3.63, 3.8) is 0 Å². The predicted octanol–water partition coefficient (Wildman–Crippen LogP) is 3.71. The first-order chi connectivity index (χ1) is 13.6. The summed E-state index contributed by atoms with van der Waals surface area (Å²) in [5, 5.41) is 0.852. The van der Waals surface area contributed by atoms with E-state index in [9.17, 15) is 4.79 Å². The maximum atomic E-state index is 12.9. The molecule has 6 nitrogen and oxygen atoms in total. The Morgan fingerprint density at radius 1 is 1.14 bits per heavy atom. The van der Waals surface area contributed by atoms with E-state index in [1.54, 1.807) is 0 Å². The normalized spacial score (nSPS) is 18.8. The molecular weight excluding hydrogens is 374 g/mol. The number of carbonyl (C=O) groups is 1. The number of nitrogens with zero attached hydrogens (tertiary/aromatic N) is 3. The number of thioether (sulfide) groups is 1. The summed E-state index contributed by atoms with van der Waals surface area (Å²) in [6, 6.07) is 8.10. The second-order valence-electron chi connectivity index (χ2n) is 7.19. The Hall–Kier alpha value is -2.28. The van der Waals surface area contributed by atoms with E-state index < -0.39 is 0 Å². The first-order valence-corrected chi connectivity index (χ1v) is 10.7. The van der Waals surface area contributed by atoms with Gasteiger partial charge in [0, 0.05) is 18.7 Å². The van der Waals surface area contributed by atoms with Crippen molar-refractivity contribution in [3.05, 3.63) is 41.3 Å². The van der Waals surface area contributed by atoms with Crippen LogP contribution in [-0.4, -0.2) is 46.3 Å². The van der Waals surface area contributed by atoms with E-state index in [1.807, 2.05) is 36.9 Å². The van der Waals surface area contributed by atoms with Crippen LogP contribution in [0.4, 0.5) is 0 Å². The number of hydrogen-bond donors (Lipinski definition) is 0. The van der Waals surface area contributed by atoms with E-state index in [0.29, 0.717) is 19.0 Å². The third kappa shape index (κ3) is 4.24. The van der Waals surface area contributed by atoms with Crippen molar-refractivity contribution < 1.29 is 14.3 Å². The highest BCUT2D eigenvalue weighted by Gasteiger charge is 2.30. The fourth-order valence-corrected chi connectivity index (χ4v) is 4.66. The molecule has 3 heterocycles. The molecule has 0 saturated carbocycles. The van der Waals surface area contributed by atoms with Gasteiger partial charge >= 0.3 is 0 Å². The fraction of sp³-hybridized carbons (Fsp3) is 0.476. The molecule has 4 rings (SSSR count). The van der Waals surface area contributed by atoms with Crippen molar-refractivity contribution in [2.45, 2.75) is 44.2 Å². The van der Waals surface area contributed by atoms with Crippen LogP contribution in [0.3, 0.4) is 0 Å². The maximum Gasteiger partial charge on any atom is 0.233 e. The Morgan fingerprint density at radius 2 is 1.96 bits per heavy atom. The van der Waals surface area contributed by atoms with Crippen LogP contribution in [-0.2, 0) is 4.79 Å². The van der Waals surface area contributed by atoms with Crippen LogP contribution in [0.1, 0.15) is 42.4 Å². The first-order valence-electron chi connectivity index (χ1n) is 9.74. The molecule has 28 heavy (non-hydrogen) atoms. The lowest BCUT2D eigenvalue weighted by atomic mass is 10.0. The summed E-state index contributed by atoms with van der Waals surface area (Å²) >= 11 is 1.48. The molecule has 0 aliphatic carbocycles. The highest BCUT2D eigenvalue weighted by molar-refractivity contribution is 7.99. The molecule has 1 aromatic heterocycles. The van der Waals surface area contributed by atoms with Crippen LogP contribution in [0.15, 0.2) is 29.3 Å². The number of aryl methyl sites for hydroxylation is 2. The SMILES string of the molecule is Cc1cc(SCC(=O)N2CCCC2c2ccc3c(c2)OCCCO3)nc(C)n1. The summed E-state index contributed by atoms with van der Waals surface area (Å²) in [5.41, 5.74) is 2.04. The minimum atomic E-state index is 0.0964. The molecule has 1 fully saturated rings. The number of fused-ring (bicyclic) bond motifs is 1. The van der Waals surface area contributed by atoms with Crippen molar-refractivity contribution in [2.75, 3.05) is 25.5 Å². The van der Waals surface area contributed by atoms with Crippen LogP contribution in [0.5, 0.6) is 11.5 Å². The Bertz CT molecular complexity index is 854. The number of hydrogen-bond acceptors (Lipinski definition) is 6. The Balaban J connectivity index is 1.45. The predicted molar refractivity (Wildman–Crippen MR) is 108 cm³/mol. The van der Waals surface area contributed by atoms with Gasteiger partial charge in [0.25, 0.3) is 0 Å². The second kappa shape index (κ2) is 8.39. The van der Waals surface area contributed by atoms with Gasteiger partial charge in [-0.1, -0.05) is 17.8 Å². The lowest BCUT2D eigenvalue weighted by Gasteiger charge is -2.25. The molecule has 2 aliphatic heterocycles. The first kappa shape index (κ1) is 19.1. The minimum absolute atomic E-state index is 0.0964. The molecule has 1 aromatic carbocycles. The molecule has 2 aromatic rings. The van der Waals surface area contributed by atoms with Gasteiger partial charge in [0.1, 0.15) is 10.9 Å². The molecule has 1 saturated heterocycles. The number of aromatic nitrogens is 2. The minimum Gasteiger partial charge on any atom is -0.490 e. The highest BCUT2D eigenvalue weighted by atomic mass is 32.2. The number of benzene rings is 1. The van der Waals surface area contributed by atoms with E-state index in [2.05, 4.69) is 16.0 Å². The maximum absolute atomic E-state index is 12.9. The van der Waals surface area contributed by atoms with Crippen molar-refractivity contribution in [1.82, 2.24) is 14.9 Å². The lowest BCUT2D eigenvalue weighted by Crippen LogP contribution is -2.32. The molecular formula is C21H25N3O3S. The quantitative estimate of drug-likeness (QED) is 0.577. The molecule has 7 heteroatoms. The molecule has 0 radical (unpaired) electrons. The number of carbonyl (C=O) groups excluding carboxylic acids is 1. The average Bonchev–Trinajstić information content (AvgIpc) is 3.04. The summed E-state index contributed by atoms with van der Waals surface area (Å²) in [5.74, 6) is 2.85. The molecule has 0 bridgehead atoms. The summed E-state index contributed by atoms with van der Waals surface area (Å²) in [6.45, 7) is 5.96. The molecule has 0 spiro atoms. The molecule has 0 N–H and O–H groups in total. The van der Waals surface area contributed by atoms with Gasteiger partial charge < -0.3 is 14.4 Å². The highest BCUT2D eigenvalue weighted by Crippen LogP contribution is 2.38. The van der Waals surface area contributed by atoms with Crippen LogP contribution < -0.4 is 9.47 Å². The molecule has 1 unspecified atom stereocenters. The molecule has 148 valence electrons. The van der Waals surface area contributed by atoms with Gasteiger partial charge in [-0.25, -0.2) is 9.97 Å². The zero-order valence-electron chi connectivity index (χ0n) is 16.3. The standard InChI is InChI=1S/C21H25N3O3S/c1-14-11-20(23-15(2)22-14)28-13-21(25)24-8-3-5-17(24)16-6-7-18-19(12-16)27-10-4-9-26-18/h6-7,11-12,17H,3-5,8-10,13H2,1-2H3. The molecule has 2 aliphatic rings. The molecule has 1 atom stereocenters. The van der Waals surface area contributed by atoms with Gasteiger partial charge in [-0.3, -0.25) is 4.79 Å². The summed E-state index contributed by atoms with van der Waals surface area (Å²) in [7, 11) is 0. The second-order valence-corrected chi connectivity index (χ2v) is 8.18. The van der Waals surface area contributed by atoms with Crippen LogP contribution in [0.25, 0.3) is 0 Å². The van der Waals surface area contributed by atoms with E-state index in [-0.39, 0.29) is 11.9 Å². The van der Waals surface area contributed by atoms with Gasteiger partial charge in [0.05, 0.1) is 25.0 Å². The fourth-order valence-electron chi connectivity index (χ4n) is 3.77. The van der Waals surface area contributed by atoms with E-state index in [0.717, 1.165) is 59.4 Å². The summed E-state index contributed by atoms with van der Waals surface area (Å²) in [6.07, 6.45) is 2.88. The Kier molecular flexibility index (Phi) is 5.71. The van der Waals surface area contributed by atoms with Gasteiger partial charge in [0.2, 0.25) is 5.91 Å². The number of ether oxygens (including phenoxy) is 2. The monoisotopic (exact) mass is 399 g/mol. The van der Waals surface area contributed by atoms with Crippen molar-refractivity contribution in [2.24, 2.45) is 0 Å². The lowest BCUT2D eigenvalue weighted by molar-refractivity contribution is -0.129. The number of amides is 1. The van der Waals surface area contributed by atoms with E-state index >= 15 is 0 Å². The van der Waals surface area contributed by atoms with Crippen molar-refractivity contribution >= 4 is 17.7 Å². The van der Waals surface area contributed by atoms with Gasteiger partial charge in [-0.15, -0.1) is 0 Å². The number of likely N-dealkylation sites (tertiary alicyclic amines) is 1. The topological polar surface area (TPSA) is 64.6 Å². The zero-order valence-corrected chi connectivity index (χ0v) is 17.1. The largest absolute Gasteiger partial charge is 0.490 e. The van der Waals surface area contributed by atoms with Crippen LogP contribution >= 0.6 is 11.8 Å². The van der Waals surface area contributed by atoms with Crippen LogP contribution in [0, 0.1) is 13.8 Å². The average molecular weight is 400 g/mol. The van der Waals surface area contributed by atoms with E-state index in [1.165, 1.54) is 11.8 Å². The van der Waals surface area contributed by atoms with Crippen molar-refractivity contribution in [3.8, 4) is 11.5 Å². The smallest absolute Gasteiger partial charge is 0.233 e. The van der Waals surface area contributed by atoms with Gasteiger partial charge in [-0.05, 0) is 50.5 Å². The number of rotatable bonds is 4. The van der Waals surface area contributed by atoms with E-state index in [4.69, 9.17) is 9.47 Å². The van der Waals surface area contributed by atoms with Gasteiger partial charge in [0.15, 0.2) is 11.5 Å². The van der Waals surface area contributed by atoms with Crippen LogP contribution in [0.2, 0.25) is 0 Å². The van der Waals surface area contributed by atoms with Gasteiger partial charge in [-0.2, -0.15) is 0 Å². The summed E-state index contributed by atoms with van der Waals surface area (Å²) < 4.78 is 11.6. The van der Waals surface area contributed by atoms with Crippen molar-refractivity contribution in [1.29, 1.82) is 0 Å².